The van der Waals surface area contributed by atoms with Crippen LogP contribution in [0.4, 0.5) is 5.69 Å². The monoisotopic (exact) mass is 603 g/mol. The summed E-state index contributed by atoms with van der Waals surface area (Å²) in [5, 5.41) is 0. The summed E-state index contributed by atoms with van der Waals surface area (Å²) in [7, 11) is 3.08. The van der Waals surface area contributed by atoms with Crippen molar-refractivity contribution in [3.8, 4) is 17.2 Å². The van der Waals surface area contributed by atoms with Crippen molar-refractivity contribution in [3.63, 3.8) is 0 Å². The van der Waals surface area contributed by atoms with Crippen LogP contribution in [-0.4, -0.2) is 30.4 Å². The summed E-state index contributed by atoms with van der Waals surface area (Å²) in [6, 6.07) is 19.4. The molecule has 1 amide bonds. The lowest BCUT2D eigenvalue weighted by Gasteiger charge is -2.14. The van der Waals surface area contributed by atoms with Crippen LogP contribution in [0.15, 0.2) is 71.6 Å². The Morgan fingerprint density at radius 1 is 1.00 bits per heavy atom. The quantitative estimate of drug-likeness (QED) is 0.114. The van der Waals surface area contributed by atoms with Gasteiger partial charge in [-0.15, -0.1) is 0 Å². The fourth-order valence-electron chi connectivity index (χ4n) is 3.21. The Hall–Kier alpha value is -2.89. The first-order valence-electron chi connectivity index (χ1n) is 9.98. The number of carbonyl (C=O) groups is 2. The van der Waals surface area contributed by atoms with Crippen molar-refractivity contribution in [1.82, 2.24) is 0 Å². The van der Waals surface area contributed by atoms with E-state index in [1.54, 1.807) is 67.8 Å². The molecule has 0 N–H and O–H groups in total. The number of hydrogen-bond acceptors (Lipinski definition) is 7. The number of nitrogens with zero attached hydrogens (tertiary/aromatic N) is 1. The van der Waals surface area contributed by atoms with Gasteiger partial charge in [-0.2, -0.15) is 0 Å². The van der Waals surface area contributed by atoms with Gasteiger partial charge in [-0.3, -0.25) is 9.69 Å². The molecule has 1 heterocycles. The molecular weight excluding hydrogens is 585 g/mol. The molecule has 1 aliphatic heterocycles. The zero-order valence-electron chi connectivity index (χ0n) is 18.1. The molecular formula is C25H18INO5S2. The summed E-state index contributed by atoms with van der Waals surface area (Å²) < 4.78 is 17.4. The second-order valence-electron chi connectivity index (χ2n) is 6.99. The van der Waals surface area contributed by atoms with E-state index >= 15 is 0 Å². The first-order chi connectivity index (χ1) is 16.4. The minimum atomic E-state index is -0.476. The molecule has 0 bridgehead atoms. The Morgan fingerprint density at radius 3 is 2.41 bits per heavy atom. The van der Waals surface area contributed by atoms with Crippen LogP contribution in [0.2, 0.25) is 0 Å². The van der Waals surface area contributed by atoms with Gasteiger partial charge in [0.05, 0.1) is 30.4 Å². The van der Waals surface area contributed by atoms with E-state index in [0.29, 0.717) is 37.5 Å². The van der Waals surface area contributed by atoms with Crippen LogP contribution in [0.25, 0.3) is 6.08 Å². The molecule has 0 unspecified atom stereocenters. The van der Waals surface area contributed by atoms with Crippen molar-refractivity contribution in [2.24, 2.45) is 0 Å². The minimum Gasteiger partial charge on any atom is -0.497 e. The highest BCUT2D eigenvalue weighted by molar-refractivity contribution is 14.1. The Balaban J connectivity index is 1.56. The van der Waals surface area contributed by atoms with E-state index in [4.69, 9.17) is 26.4 Å². The standard InChI is InChI=1S/C25H18INO5S2/c1-30-17-10-8-16(9-11-17)27-23(28)22(34-25(27)33)14-15-7-12-20(21(13-15)31-2)32-24(29)18-5-3-4-6-19(18)26/h3-14H,1-2H3/b22-14-. The third-order valence-corrected chi connectivity index (χ3v) is 7.15. The third kappa shape index (κ3) is 5.11. The van der Waals surface area contributed by atoms with Crippen molar-refractivity contribution < 1.29 is 23.8 Å². The largest absolute Gasteiger partial charge is 0.497 e. The number of anilines is 1. The number of halogens is 1. The van der Waals surface area contributed by atoms with E-state index in [2.05, 4.69) is 22.6 Å². The van der Waals surface area contributed by atoms with E-state index in [9.17, 15) is 9.59 Å². The number of benzene rings is 3. The first-order valence-corrected chi connectivity index (χ1v) is 12.3. The summed E-state index contributed by atoms with van der Waals surface area (Å²) in [4.78, 5) is 27.6. The molecule has 0 aromatic heterocycles. The molecule has 1 fully saturated rings. The number of thioether (sulfide) groups is 1. The molecule has 0 radical (unpaired) electrons. The first kappa shape index (κ1) is 24.2. The number of esters is 1. The Kier molecular flexibility index (Phi) is 7.54. The van der Waals surface area contributed by atoms with Crippen LogP contribution in [0.5, 0.6) is 17.2 Å². The number of thiocarbonyl (C=S) groups is 1. The minimum absolute atomic E-state index is 0.215. The number of carbonyl (C=O) groups excluding carboxylic acids is 2. The van der Waals surface area contributed by atoms with Gasteiger partial charge in [0.1, 0.15) is 5.75 Å². The lowest BCUT2D eigenvalue weighted by molar-refractivity contribution is -0.113. The van der Waals surface area contributed by atoms with Crippen molar-refractivity contribution in [2.45, 2.75) is 0 Å². The molecule has 172 valence electrons. The maximum absolute atomic E-state index is 13.0. The molecule has 6 nitrogen and oxygen atoms in total. The van der Waals surface area contributed by atoms with Crippen molar-refractivity contribution in [2.75, 3.05) is 19.1 Å². The average molecular weight is 603 g/mol. The topological polar surface area (TPSA) is 65.1 Å². The Morgan fingerprint density at radius 2 is 1.74 bits per heavy atom. The number of ether oxygens (including phenoxy) is 3. The highest BCUT2D eigenvalue weighted by Crippen LogP contribution is 2.37. The summed E-state index contributed by atoms with van der Waals surface area (Å²) in [5.74, 6) is 0.665. The van der Waals surface area contributed by atoms with Gasteiger partial charge in [-0.05, 0) is 82.8 Å². The van der Waals surface area contributed by atoms with Crippen molar-refractivity contribution >= 4 is 74.5 Å². The summed E-state index contributed by atoms with van der Waals surface area (Å²) in [6.07, 6.45) is 1.73. The van der Waals surface area contributed by atoms with E-state index in [1.807, 2.05) is 12.1 Å². The molecule has 0 atom stereocenters. The van der Waals surface area contributed by atoms with Crippen LogP contribution in [0.1, 0.15) is 15.9 Å². The molecule has 3 aromatic carbocycles. The number of amides is 1. The van der Waals surface area contributed by atoms with Gasteiger partial charge < -0.3 is 14.2 Å². The van der Waals surface area contributed by atoms with Crippen LogP contribution in [0.3, 0.4) is 0 Å². The third-order valence-electron chi connectivity index (χ3n) is 4.91. The molecule has 1 aliphatic rings. The normalized spacial score (nSPS) is 14.4. The Labute approximate surface area is 220 Å². The highest BCUT2D eigenvalue weighted by Gasteiger charge is 2.33. The second kappa shape index (κ2) is 10.6. The molecule has 0 spiro atoms. The van der Waals surface area contributed by atoms with Crippen molar-refractivity contribution in [3.05, 3.63) is 86.3 Å². The zero-order valence-corrected chi connectivity index (χ0v) is 21.9. The number of methoxy groups -OCH3 is 2. The van der Waals surface area contributed by atoms with Gasteiger partial charge in [0, 0.05) is 3.57 Å². The maximum Gasteiger partial charge on any atom is 0.344 e. The van der Waals surface area contributed by atoms with Gasteiger partial charge in [-0.25, -0.2) is 4.79 Å². The van der Waals surface area contributed by atoms with Gasteiger partial charge in [0.25, 0.3) is 5.91 Å². The maximum atomic E-state index is 13.0. The van der Waals surface area contributed by atoms with Crippen LogP contribution in [0, 0.1) is 3.57 Å². The zero-order chi connectivity index (χ0) is 24.2. The van der Waals surface area contributed by atoms with Gasteiger partial charge >= 0.3 is 5.97 Å². The molecule has 1 saturated heterocycles. The fraction of sp³-hybridized carbons (Fsp3) is 0.0800. The second-order valence-corrected chi connectivity index (χ2v) is 9.83. The van der Waals surface area contributed by atoms with Crippen LogP contribution >= 0.6 is 46.6 Å². The molecule has 0 aliphatic carbocycles. The molecule has 3 aromatic rings. The smallest absolute Gasteiger partial charge is 0.344 e. The molecule has 0 saturated carbocycles. The van der Waals surface area contributed by atoms with Gasteiger partial charge in [-0.1, -0.05) is 42.2 Å². The molecule has 9 heteroatoms. The lowest BCUT2D eigenvalue weighted by Crippen LogP contribution is -2.27. The number of hydrogen-bond donors (Lipinski definition) is 0. The summed E-state index contributed by atoms with van der Waals surface area (Å²) in [6.45, 7) is 0. The molecule has 4 rings (SSSR count). The fourth-order valence-corrected chi connectivity index (χ4v) is 5.12. The average Bonchev–Trinajstić information content (AvgIpc) is 3.12. The van der Waals surface area contributed by atoms with Gasteiger partial charge in [0.15, 0.2) is 15.8 Å². The Bertz CT molecular complexity index is 1310. The number of rotatable bonds is 6. The van der Waals surface area contributed by atoms with Crippen LogP contribution in [-0.2, 0) is 4.79 Å². The summed E-state index contributed by atoms with van der Waals surface area (Å²) >= 11 is 8.75. The van der Waals surface area contributed by atoms with Crippen LogP contribution < -0.4 is 19.1 Å². The van der Waals surface area contributed by atoms with Crippen molar-refractivity contribution in [1.29, 1.82) is 0 Å². The SMILES string of the molecule is COc1ccc(N2C(=O)/C(=C/c3ccc(OC(=O)c4ccccc4I)c(OC)c3)SC2=S)cc1. The van der Waals surface area contributed by atoms with E-state index < -0.39 is 5.97 Å². The van der Waals surface area contributed by atoms with E-state index in [1.165, 1.54) is 23.8 Å². The highest BCUT2D eigenvalue weighted by atomic mass is 127. The van der Waals surface area contributed by atoms with E-state index in [0.717, 1.165) is 3.57 Å². The van der Waals surface area contributed by atoms with E-state index in [-0.39, 0.29) is 11.7 Å². The predicted molar refractivity (Wildman–Crippen MR) is 146 cm³/mol. The summed E-state index contributed by atoms with van der Waals surface area (Å²) in [5.41, 5.74) is 1.85. The molecule has 34 heavy (non-hydrogen) atoms. The lowest BCUT2D eigenvalue weighted by atomic mass is 10.1. The van der Waals surface area contributed by atoms with Gasteiger partial charge in [0.2, 0.25) is 0 Å². The predicted octanol–water partition coefficient (Wildman–Crippen LogP) is 5.93.